The Morgan fingerprint density at radius 2 is 2.22 bits per heavy atom. The molecule has 1 atom stereocenters. The Balaban J connectivity index is 1.59. The highest BCUT2D eigenvalue weighted by Gasteiger charge is 2.22. The van der Waals surface area contributed by atoms with Crippen molar-refractivity contribution >= 4 is 29.0 Å². The first-order valence-corrected chi connectivity index (χ1v) is 9.75. The summed E-state index contributed by atoms with van der Waals surface area (Å²) in [5, 5.41) is 2.66. The molecule has 23 heavy (non-hydrogen) atoms. The van der Waals surface area contributed by atoms with Crippen LogP contribution in [0.15, 0.2) is 41.8 Å². The van der Waals surface area contributed by atoms with Crippen molar-refractivity contribution in [3.8, 4) is 5.75 Å². The molecule has 0 saturated carbocycles. The van der Waals surface area contributed by atoms with Gasteiger partial charge in [0.2, 0.25) is 5.91 Å². The molecule has 1 aromatic heterocycles. The largest absolute Gasteiger partial charge is 0.497 e. The number of nitrogens with zero attached hydrogens (tertiary/aromatic N) is 1. The van der Waals surface area contributed by atoms with Gasteiger partial charge in [-0.05, 0) is 35.6 Å². The van der Waals surface area contributed by atoms with Crippen LogP contribution in [0.2, 0.25) is 0 Å². The fourth-order valence-electron chi connectivity index (χ4n) is 2.79. The molecule has 1 aliphatic heterocycles. The summed E-state index contributed by atoms with van der Waals surface area (Å²) in [7, 11) is 1.65. The second-order valence-corrected chi connectivity index (χ2v) is 7.86. The first-order chi connectivity index (χ1) is 11.3. The van der Waals surface area contributed by atoms with E-state index in [1.807, 2.05) is 52.3 Å². The van der Waals surface area contributed by atoms with E-state index in [0.717, 1.165) is 36.6 Å². The third-order valence-electron chi connectivity index (χ3n) is 4.04. The van der Waals surface area contributed by atoms with E-state index < -0.39 is 0 Å². The summed E-state index contributed by atoms with van der Waals surface area (Å²) in [5.74, 6) is 2.03. The third kappa shape index (κ3) is 4.30. The van der Waals surface area contributed by atoms with Crippen LogP contribution >= 0.6 is 23.1 Å². The molecule has 122 valence electrons. The van der Waals surface area contributed by atoms with E-state index in [4.69, 9.17) is 4.74 Å². The lowest BCUT2D eigenvalue weighted by molar-refractivity contribution is -0.130. The zero-order valence-corrected chi connectivity index (χ0v) is 14.9. The van der Waals surface area contributed by atoms with Crippen molar-refractivity contribution in [3.63, 3.8) is 0 Å². The van der Waals surface area contributed by atoms with Crippen molar-refractivity contribution in [2.24, 2.45) is 0 Å². The zero-order chi connectivity index (χ0) is 16.1. The summed E-state index contributed by atoms with van der Waals surface area (Å²) in [4.78, 5) is 16.0. The summed E-state index contributed by atoms with van der Waals surface area (Å²) >= 11 is 3.79. The van der Waals surface area contributed by atoms with E-state index in [9.17, 15) is 4.79 Å². The fraction of sp³-hybridized carbons (Fsp3) is 0.389. The Hall–Kier alpha value is -1.46. The molecule has 1 aliphatic rings. The Labute approximate surface area is 145 Å². The number of rotatable bonds is 4. The molecule has 2 heterocycles. The van der Waals surface area contributed by atoms with Crippen molar-refractivity contribution in [2.75, 3.05) is 26.0 Å². The van der Waals surface area contributed by atoms with E-state index in [0.29, 0.717) is 11.7 Å². The Kier molecular flexibility index (Phi) is 5.62. The van der Waals surface area contributed by atoms with Crippen LogP contribution in [-0.2, 0) is 11.2 Å². The standard InChI is InChI=1S/C18H21NO2S2/c1-21-15-5-2-4-14(12-15)13-18(20)19-8-7-17(23-11-9-19)16-6-3-10-22-16/h2-6,10,12,17H,7-9,11,13H2,1H3. The van der Waals surface area contributed by atoms with Gasteiger partial charge in [-0.3, -0.25) is 4.79 Å². The van der Waals surface area contributed by atoms with E-state index in [-0.39, 0.29) is 5.91 Å². The lowest BCUT2D eigenvalue weighted by atomic mass is 10.1. The average molecular weight is 348 g/mol. The van der Waals surface area contributed by atoms with Gasteiger partial charge in [-0.2, -0.15) is 11.8 Å². The molecule has 0 radical (unpaired) electrons. The second-order valence-electron chi connectivity index (χ2n) is 5.57. The number of thiophene rings is 1. The topological polar surface area (TPSA) is 29.5 Å². The van der Waals surface area contributed by atoms with Gasteiger partial charge in [0.1, 0.15) is 5.75 Å². The zero-order valence-electron chi connectivity index (χ0n) is 13.2. The number of ether oxygens (including phenoxy) is 1. The molecular weight excluding hydrogens is 326 g/mol. The quantitative estimate of drug-likeness (QED) is 0.837. The van der Waals surface area contributed by atoms with Gasteiger partial charge in [0.05, 0.1) is 13.5 Å². The summed E-state index contributed by atoms with van der Waals surface area (Å²) in [6.07, 6.45) is 1.49. The maximum absolute atomic E-state index is 12.6. The number of benzene rings is 1. The molecule has 1 saturated heterocycles. The highest BCUT2D eigenvalue weighted by atomic mass is 32.2. The second kappa shape index (κ2) is 7.88. The summed E-state index contributed by atoms with van der Waals surface area (Å²) < 4.78 is 5.23. The van der Waals surface area contributed by atoms with Gasteiger partial charge >= 0.3 is 0 Å². The van der Waals surface area contributed by atoms with E-state index in [1.54, 1.807) is 7.11 Å². The van der Waals surface area contributed by atoms with Crippen LogP contribution in [-0.4, -0.2) is 36.8 Å². The first kappa shape index (κ1) is 16.4. The number of carbonyl (C=O) groups excluding carboxylic acids is 1. The van der Waals surface area contributed by atoms with Crippen molar-refractivity contribution in [3.05, 3.63) is 52.2 Å². The van der Waals surface area contributed by atoms with Crippen LogP contribution < -0.4 is 4.74 Å². The van der Waals surface area contributed by atoms with E-state index in [1.165, 1.54) is 4.88 Å². The van der Waals surface area contributed by atoms with Crippen molar-refractivity contribution in [1.29, 1.82) is 0 Å². The lowest BCUT2D eigenvalue weighted by Gasteiger charge is -2.20. The number of hydrogen-bond acceptors (Lipinski definition) is 4. The van der Waals surface area contributed by atoms with Crippen molar-refractivity contribution in [1.82, 2.24) is 4.90 Å². The minimum absolute atomic E-state index is 0.214. The van der Waals surface area contributed by atoms with Gasteiger partial charge in [-0.25, -0.2) is 0 Å². The molecule has 0 spiro atoms. The highest BCUT2D eigenvalue weighted by Crippen LogP contribution is 2.36. The minimum atomic E-state index is 0.214. The highest BCUT2D eigenvalue weighted by molar-refractivity contribution is 7.99. The molecule has 3 rings (SSSR count). The summed E-state index contributed by atoms with van der Waals surface area (Å²) in [5.41, 5.74) is 1.01. The normalized spacial score (nSPS) is 18.5. The van der Waals surface area contributed by atoms with Gasteiger partial charge in [-0.15, -0.1) is 11.3 Å². The van der Waals surface area contributed by atoms with Gasteiger partial charge in [0.25, 0.3) is 0 Å². The summed E-state index contributed by atoms with van der Waals surface area (Å²) in [6.45, 7) is 1.69. The third-order valence-corrected chi connectivity index (χ3v) is 6.49. The predicted molar refractivity (Wildman–Crippen MR) is 97.4 cm³/mol. The molecule has 1 fully saturated rings. The monoisotopic (exact) mass is 347 g/mol. The molecule has 0 aliphatic carbocycles. The SMILES string of the molecule is COc1cccc(CC(=O)N2CCSC(c3cccs3)CC2)c1. The molecule has 2 aromatic rings. The molecular formula is C18H21NO2S2. The number of methoxy groups -OCH3 is 1. The predicted octanol–water partition coefficient (Wildman–Crippen LogP) is 4.01. The average Bonchev–Trinajstić information content (AvgIpc) is 2.99. The number of amides is 1. The van der Waals surface area contributed by atoms with Gasteiger partial charge in [0, 0.05) is 29.0 Å². The first-order valence-electron chi connectivity index (χ1n) is 7.82. The van der Waals surface area contributed by atoms with E-state index >= 15 is 0 Å². The van der Waals surface area contributed by atoms with Crippen LogP contribution in [0.3, 0.4) is 0 Å². The lowest BCUT2D eigenvalue weighted by Crippen LogP contribution is -2.34. The maximum Gasteiger partial charge on any atom is 0.227 e. The maximum atomic E-state index is 12.6. The number of hydrogen-bond donors (Lipinski definition) is 0. The number of thioether (sulfide) groups is 1. The molecule has 1 aromatic carbocycles. The molecule has 0 N–H and O–H groups in total. The number of carbonyl (C=O) groups is 1. The minimum Gasteiger partial charge on any atom is -0.497 e. The Bertz CT molecular complexity index is 642. The van der Waals surface area contributed by atoms with Gasteiger partial charge in [0.15, 0.2) is 0 Å². The van der Waals surface area contributed by atoms with Crippen molar-refractivity contribution < 1.29 is 9.53 Å². The Morgan fingerprint density at radius 3 is 3.00 bits per heavy atom. The summed E-state index contributed by atoms with van der Waals surface area (Å²) in [6, 6.07) is 12.1. The smallest absolute Gasteiger partial charge is 0.227 e. The molecule has 1 amide bonds. The van der Waals surface area contributed by atoms with Crippen LogP contribution in [0.25, 0.3) is 0 Å². The molecule has 5 heteroatoms. The molecule has 1 unspecified atom stereocenters. The van der Waals surface area contributed by atoms with Crippen LogP contribution in [0.4, 0.5) is 0 Å². The van der Waals surface area contributed by atoms with Crippen LogP contribution in [0, 0.1) is 0 Å². The van der Waals surface area contributed by atoms with Crippen LogP contribution in [0.5, 0.6) is 5.75 Å². The molecule has 0 bridgehead atoms. The van der Waals surface area contributed by atoms with Gasteiger partial charge in [-0.1, -0.05) is 18.2 Å². The van der Waals surface area contributed by atoms with Gasteiger partial charge < -0.3 is 9.64 Å². The molecule has 3 nitrogen and oxygen atoms in total. The van der Waals surface area contributed by atoms with Crippen LogP contribution in [0.1, 0.15) is 22.1 Å². The van der Waals surface area contributed by atoms with E-state index in [2.05, 4.69) is 17.5 Å². The fourth-order valence-corrected chi connectivity index (χ4v) is 5.03. The van der Waals surface area contributed by atoms with Crippen molar-refractivity contribution in [2.45, 2.75) is 18.1 Å². The Morgan fingerprint density at radius 1 is 1.30 bits per heavy atom.